The first-order valence-corrected chi connectivity index (χ1v) is 6.63. The number of rotatable bonds is 4. The van der Waals surface area contributed by atoms with E-state index >= 15 is 0 Å². The Kier molecular flexibility index (Phi) is 3.96. The van der Waals surface area contributed by atoms with Crippen LogP contribution in [0.15, 0.2) is 4.52 Å². The van der Waals surface area contributed by atoms with Crippen LogP contribution in [0.25, 0.3) is 0 Å². The van der Waals surface area contributed by atoms with Crippen molar-refractivity contribution in [2.45, 2.75) is 40.3 Å². The van der Waals surface area contributed by atoms with Crippen molar-refractivity contribution in [3.8, 4) is 0 Å². The van der Waals surface area contributed by atoms with Crippen LogP contribution in [0.2, 0.25) is 5.15 Å². The normalized spacial score (nSPS) is 12.9. The predicted molar refractivity (Wildman–Crippen MR) is 74.2 cm³/mol. The first-order valence-electron chi connectivity index (χ1n) is 6.26. The fourth-order valence-electron chi connectivity index (χ4n) is 2.34. The molecule has 2 heterocycles. The molecule has 0 amide bonds. The van der Waals surface area contributed by atoms with Gasteiger partial charge in [-0.25, -0.2) is 0 Å². The van der Waals surface area contributed by atoms with Crippen molar-refractivity contribution in [1.29, 1.82) is 0 Å². The van der Waals surface area contributed by atoms with Gasteiger partial charge in [-0.3, -0.25) is 4.68 Å². The Labute approximate surface area is 117 Å². The molecule has 19 heavy (non-hydrogen) atoms. The molecule has 0 bridgehead atoms. The van der Waals surface area contributed by atoms with E-state index in [9.17, 15) is 0 Å². The van der Waals surface area contributed by atoms with Gasteiger partial charge < -0.3 is 9.84 Å². The first kappa shape index (κ1) is 14.1. The van der Waals surface area contributed by atoms with Crippen molar-refractivity contribution in [1.82, 2.24) is 20.3 Å². The number of aromatic nitrogens is 3. The van der Waals surface area contributed by atoms with E-state index in [0.29, 0.717) is 11.7 Å². The van der Waals surface area contributed by atoms with Gasteiger partial charge in [0.2, 0.25) is 0 Å². The average molecular weight is 283 g/mol. The summed E-state index contributed by atoms with van der Waals surface area (Å²) in [5.41, 5.74) is 4.01. The molecule has 0 spiro atoms. The smallest absolute Gasteiger partial charge is 0.138 e. The fourth-order valence-corrected chi connectivity index (χ4v) is 2.58. The highest BCUT2D eigenvalue weighted by atomic mass is 35.5. The summed E-state index contributed by atoms with van der Waals surface area (Å²) in [6.07, 6.45) is 0. The van der Waals surface area contributed by atoms with Crippen LogP contribution in [0.3, 0.4) is 0 Å². The molecular formula is C13H19ClN4O. The predicted octanol–water partition coefficient (Wildman–Crippen LogP) is 2.84. The van der Waals surface area contributed by atoms with E-state index in [0.717, 1.165) is 28.3 Å². The summed E-state index contributed by atoms with van der Waals surface area (Å²) in [5.74, 6) is 0.853. The van der Waals surface area contributed by atoms with Crippen molar-refractivity contribution < 1.29 is 4.52 Å². The Bertz CT molecular complexity index is 568. The molecule has 1 unspecified atom stereocenters. The van der Waals surface area contributed by atoms with Crippen molar-refractivity contribution in [2.75, 3.05) is 0 Å². The standard InChI is InChI=1S/C13H19ClN4O/c1-7-11(13(14)18(5)16-7)6-15-8(2)12-9(3)17-19-10(12)4/h8,15H,6H2,1-5H3. The summed E-state index contributed by atoms with van der Waals surface area (Å²) in [7, 11) is 1.84. The van der Waals surface area contributed by atoms with Gasteiger partial charge in [0, 0.05) is 30.8 Å². The van der Waals surface area contributed by atoms with Gasteiger partial charge in [-0.15, -0.1) is 0 Å². The molecule has 0 aliphatic rings. The van der Waals surface area contributed by atoms with E-state index in [1.165, 1.54) is 0 Å². The molecule has 2 rings (SSSR count). The van der Waals surface area contributed by atoms with E-state index in [1.807, 2.05) is 27.8 Å². The Morgan fingerprint density at radius 2 is 2.00 bits per heavy atom. The number of aryl methyl sites for hydroxylation is 4. The maximum absolute atomic E-state index is 6.21. The quantitative estimate of drug-likeness (QED) is 0.937. The minimum atomic E-state index is 0.155. The third-order valence-electron chi connectivity index (χ3n) is 3.38. The van der Waals surface area contributed by atoms with Crippen LogP contribution in [0, 0.1) is 20.8 Å². The Hall–Kier alpha value is -1.33. The molecular weight excluding hydrogens is 264 g/mol. The van der Waals surface area contributed by atoms with Crippen LogP contribution >= 0.6 is 11.6 Å². The lowest BCUT2D eigenvalue weighted by Crippen LogP contribution is -2.19. The summed E-state index contributed by atoms with van der Waals surface area (Å²) in [6, 6.07) is 0.155. The average Bonchev–Trinajstić information content (AvgIpc) is 2.79. The molecule has 0 aliphatic carbocycles. The third kappa shape index (κ3) is 2.67. The number of nitrogens with one attached hydrogen (secondary N) is 1. The minimum Gasteiger partial charge on any atom is -0.361 e. The molecule has 1 atom stereocenters. The zero-order chi connectivity index (χ0) is 14.2. The maximum Gasteiger partial charge on any atom is 0.138 e. The molecule has 5 nitrogen and oxygen atoms in total. The molecule has 0 radical (unpaired) electrons. The van der Waals surface area contributed by atoms with Crippen LogP contribution in [-0.4, -0.2) is 14.9 Å². The number of halogens is 1. The van der Waals surface area contributed by atoms with Crippen LogP contribution < -0.4 is 5.32 Å². The summed E-state index contributed by atoms with van der Waals surface area (Å²) in [4.78, 5) is 0. The number of hydrogen-bond acceptors (Lipinski definition) is 4. The second-order valence-corrected chi connectivity index (χ2v) is 5.18. The molecule has 104 valence electrons. The van der Waals surface area contributed by atoms with Gasteiger partial charge >= 0.3 is 0 Å². The molecule has 0 saturated carbocycles. The summed E-state index contributed by atoms with van der Waals surface area (Å²) >= 11 is 6.21. The van der Waals surface area contributed by atoms with Crippen LogP contribution in [-0.2, 0) is 13.6 Å². The maximum atomic E-state index is 6.21. The van der Waals surface area contributed by atoms with E-state index in [-0.39, 0.29) is 6.04 Å². The van der Waals surface area contributed by atoms with Crippen molar-refractivity contribution in [2.24, 2.45) is 7.05 Å². The fraction of sp³-hybridized carbons (Fsp3) is 0.538. The molecule has 6 heteroatoms. The first-order chi connectivity index (χ1) is 8.91. The van der Waals surface area contributed by atoms with Gasteiger partial charge in [-0.05, 0) is 27.7 Å². The van der Waals surface area contributed by atoms with E-state index < -0.39 is 0 Å². The van der Waals surface area contributed by atoms with Gasteiger partial charge in [0.05, 0.1) is 11.4 Å². The Morgan fingerprint density at radius 1 is 1.32 bits per heavy atom. The molecule has 0 fully saturated rings. The lowest BCUT2D eigenvalue weighted by molar-refractivity contribution is 0.390. The van der Waals surface area contributed by atoms with E-state index in [4.69, 9.17) is 16.1 Å². The summed E-state index contributed by atoms with van der Waals surface area (Å²) < 4.78 is 6.88. The van der Waals surface area contributed by atoms with Gasteiger partial charge in [0.1, 0.15) is 10.9 Å². The van der Waals surface area contributed by atoms with Crippen LogP contribution in [0.4, 0.5) is 0 Å². The van der Waals surface area contributed by atoms with E-state index in [1.54, 1.807) is 4.68 Å². The molecule has 2 aromatic rings. The highest BCUT2D eigenvalue weighted by molar-refractivity contribution is 6.30. The van der Waals surface area contributed by atoms with Gasteiger partial charge in [0.15, 0.2) is 0 Å². The lowest BCUT2D eigenvalue weighted by atomic mass is 10.1. The van der Waals surface area contributed by atoms with Crippen LogP contribution in [0.1, 0.15) is 41.2 Å². The summed E-state index contributed by atoms with van der Waals surface area (Å²) in [5, 5.41) is 12.4. The zero-order valence-corrected chi connectivity index (χ0v) is 12.7. The Balaban J connectivity index is 2.11. The number of hydrogen-bond donors (Lipinski definition) is 1. The van der Waals surface area contributed by atoms with E-state index in [2.05, 4.69) is 22.5 Å². The second kappa shape index (κ2) is 5.35. The zero-order valence-electron chi connectivity index (χ0n) is 11.9. The van der Waals surface area contributed by atoms with Crippen molar-refractivity contribution >= 4 is 11.6 Å². The van der Waals surface area contributed by atoms with Crippen molar-refractivity contribution in [3.05, 3.63) is 33.4 Å². The monoisotopic (exact) mass is 282 g/mol. The minimum absolute atomic E-state index is 0.155. The van der Waals surface area contributed by atoms with Gasteiger partial charge in [0.25, 0.3) is 0 Å². The third-order valence-corrected chi connectivity index (χ3v) is 3.85. The highest BCUT2D eigenvalue weighted by Gasteiger charge is 2.17. The second-order valence-electron chi connectivity index (χ2n) is 4.82. The molecule has 0 aliphatic heterocycles. The largest absolute Gasteiger partial charge is 0.361 e. The topological polar surface area (TPSA) is 55.9 Å². The molecule has 2 aromatic heterocycles. The van der Waals surface area contributed by atoms with Crippen LogP contribution in [0.5, 0.6) is 0 Å². The summed E-state index contributed by atoms with van der Waals surface area (Å²) in [6.45, 7) is 8.60. The van der Waals surface area contributed by atoms with Crippen molar-refractivity contribution in [3.63, 3.8) is 0 Å². The van der Waals surface area contributed by atoms with Gasteiger partial charge in [-0.2, -0.15) is 5.10 Å². The Morgan fingerprint density at radius 3 is 2.47 bits per heavy atom. The molecule has 0 aromatic carbocycles. The molecule has 1 N–H and O–H groups in total. The van der Waals surface area contributed by atoms with Gasteiger partial charge in [-0.1, -0.05) is 16.8 Å². The highest BCUT2D eigenvalue weighted by Crippen LogP contribution is 2.23. The number of nitrogens with zero attached hydrogens (tertiary/aromatic N) is 3. The molecule has 0 saturated heterocycles. The SMILES string of the molecule is Cc1nn(C)c(Cl)c1CNC(C)c1c(C)noc1C. The lowest BCUT2D eigenvalue weighted by Gasteiger charge is -2.13.